The van der Waals surface area contributed by atoms with E-state index in [2.05, 4.69) is 30.6 Å². The predicted octanol–water partition coefficient (Wildman–Crippen LogP) is 6.03. The van der Waals surface area contributed by atoms with Crippen molar-refractivity contribution in [3.63, 3.8) is 0 Å². The summed E-state index contributed by atoms with van der Waals surface area (Å²) in [5.74, 6) is 0. The third-order valence-electron chi connectivity index (χ3n) is 7.36. The highest BCUT2D eigenvalue weighted by Crippen LogP contribution is 2.47. The molecule has 2 nitrogen and oxygen atoms in total. The molecule has 1 aliphatic carbocycles. The molecule has 1 spiro atoms. The monoisotopic (exact) mass is 359 g/mol. The summed E-state index contributed by atoms with van der Waals surface area (Å²) in [6, 6.07) is 0.704. The van der Waals surface area contributed by atoms with Gasteiger partial charge in [0.1, 0.15) is 5.57 Å². The summed E-state index contributed by atoms with van der Waals surface area (Å²) in [5.41, 5.74) is 3.85. The van der Waals surface area contributed by atoms with Crippen LogP contribution in [0.25, 0.3) is 0 Å². The van der Waals surface area contributed by atoms with Crippen molar-refractivity contribution in [2.75, 3.05) is 20.1 Å². The summed E-state index contributed by atoms with van der Waals surface area (Å²) in [7, 11) is 2.37. The molecule has 0 aromatic carbocycles. The zero-order chi connectivity index (χ0) is 18.2. The molecule has 2 heteroatoms. The van der Waals surface area contributed by atoms with E-state index >= 15 is 0 Å². The molecule has 0 bridgehead atoms. The normalized spacial score (nSPS) is 28.8. The van der Waals surface area contributed by atoms with Gasteiger partial charge in [0.05, 0.1) is 17.7 Å². The Kier molecular flexibility index (Phi) is 7.93. The van der Waals surface area contributed by atoms with E-state index in [-0.39, 0.29) is 0 Å². The molecule has 1 saturated carbocycles. The van der Waals surface area contributed by atoms with E-state index < -0.39 is 0 Å². The average molecular weight is 360 g/mol. The minimum absolute atomic E-state index is 0.352. The quantitative estimate of drug-likeness (QED) is 0.358. The summed E-state index contributed by atoms with van der Waals surface area (Å²) < 4.78 is 0. The molecule has 0 aromatic heterocycles. The van der Waals surface area contributed by atoms with E-state index in [1.807, 2.05) is 0 Å². The van der Waals surface area contributed by atoms with Crippen LogP contribution in [0.1, 0.15) is 103 Å². The van der Waals surface area contributed by atoms with Crippen molar-refractivity contribution in [1.29, 1.82) is 0 Å². The number of hydrogen-bond donors (Lipinski definition) is 1. The lowest BCUT2D eigenvalue weighted by Crippen LogP contribution is -2.60. The molecule has 3 aliphatic rings. The number of unbranched alkanes of at least 4 members (excludes halogenated alkanes) is 9. The van der Waals surface area contributed by atoms with Gasteiger partial charge in [-0.25, -0.2) is 0 Å². The average Bonchev–Trinajstić information content (AvgIpc) is 2.98. The maximum atomic E-state index is 3.92. The second-order valence-electron chi connectivity index (χ2n) is 9.11. The van der Waals surface area contributed by atoms with Crippen LogP contribution in [0.5, 0.6) is 0 Å². The van der Waals surface area contributed by atoms with Crippen LogP contribution in [-0.4, -0.2) is 36.6 Å². The standard InChI is InChI=1S/C24H43N2/c1-3-4-5-6-7-8-9-10-11-12-15-21-20-25-23-17-19-26(2)24(23)18-14-13-16-22(21)24/h16,23,25H,3-15,17-20H2,1-2H3/q+1/t23-,24-/m1/s1. The van der Waals surface area contributed by atoms with Gasteiger partial charge in [-0.1, -0.05) is 64.7 Å². The van der Waals surface area contributed by atoms with Gasteiger partial charge in [-0.3, -0.25) is 10.2 Å². The van der Waals surface area contributed by atoms with Gasteiger partial charge in [0.25, 0.3) is 0 Å². The fourth-order valence-corrected chi connectivity index (χ4v) is 5.83. The zero-order valence-electron chi connectivity index (χ0n) is 17.6. The highest BCUT2D eigenvalue weighted by atomic mass is 15.3. The second-order valence-corrected chi connectivity index (χ2v) is 9.11. The van der Waals surface area contributed by atoms with Crippen LogP contribution in [0.3, 0.4) is 0 Å². The zero-order valence-corrected chi connectivity index (χ0v) is 17.6. The molecule has 0 unspecified atom stereocenters. The Hall–Kier alpha value is -0.470. The first-order valence-corrected chi connectivity index (χ1v) is 11.8. The molecular formula is C24H43N2+. The van der Waals surface area contributed by atoms with Crippen LogP contribution in [-0.2, 0) is 0 Å². The van der Waals surface area contributed by atoms with Crippen molar-refractivity contribution < 1.29 is 0 Å². The van der Waals surface area contributed by atoms with Gasteiger partial charge in [0.2, 0.25) is 0 Å². The molecule has 0 radical (unpaired) electrons. The Morgan fingerprint density at radius 3 is 2.46 bits per heavy atom. The first-order valence-electron chi connectivity index (χ1n) is 11.8. The van der Waals surface area contributed by atoms with E-state index in [4.69, 9.17) is 0 Å². The number of nitrogens with one attached hydrogen (secondary N) is 1. The molecule has 148 valence electrons. The molecule has 0 amide bonds. The number of nitrogens with zero attached hydrogens (tertiary/aromatic N) is 1. The van der Waals surface area contributed by atoms with Crippen LogP contribution < -0.4 is 5.32 Å². The molecular weight excluding hydrogens is 316 g/mol. The topological polar surface area (TPSA) is 15.3 Å². The molecule has 0 aromatic rings. The minimum atomic E-state index is 0.352. The second kappa shape index (κ2) is 10.2. The molecule has 2 fully saturated rings. The number of hydrogen-bond acceptors (Lipinski definition) is 2. The smallest absolute Gasteiger partial charge is 0.128 e. The van der Waals surface area contributed by atoms with E-state index in [1.165, 1.54) is 103 Å². The summed E-state index contributed by atoms with van der Waals surface area (Å²) >= 11 is 0. The molecule has 2 aliphatic heterocycles. The van der Waals surface area contributed by atoms with E-state index in [1.54, 1.807) is 11.1 Å². The first kappa shape index (κ1) is 20.3. The largest absolute Gasteiger partial charge is 0.292 e. The lowest BCUT2D eigenvalue weighted by atomic mass is 9.68. The van der Waals surface area contributed by atoms with E-state index in [0.717, 1.165) is 6.54 Å². The van der Waals surface area contributed by atoms with Gasteiger partial charge in [-0.05, 0) is 32.7 Å². The fourth-order valence-electron chi connectivity index (χ4n) is 5.83. The lowest BCUT2D eigenvalue weighted by molar-refractivity contribution is 0.150. The summed E-state index contributed by atoms with van der Waals surface area (Å²) in [5, 5.41) is 3.92. The summed E-state index contributed by atoms with van der Waals surface area (Å²) in [6.45, 7) is 4.72. The fraction of sp³-hybridized carbons (Fsp3) is 0.875. The molecule has 1 saturated heterocycles. The van der Waals surface area contributed by atoms with Crippen molar-refractivity contribution >= 4 is 0 Å². The Bertz CT molecular complexity index is 455. The van der Waals surface area contributed by atoms with Crippen molar-refractivity contribution in [2.24, 2.45) is 0 Å². The van der Waals surface area contributed by atoms with Crippen LogP contribution in [0.4, 0.5) is 0 Å². The van der Waals surface area contributed by atoms with Crippen LogP contribution in [0.15, 0.2) is 11.1 Å². The molecule has 26 heavy (non-hydrogen) atoms. The Morgan fingerprint density at radius 2 is 1.73 bits per heavy atom. The summed E-state index contributed by atoms with van der Waals surface area (Å²) in [4.78, 5) is 2.67. The third-order valence-corrected chi connectivity index (χ3v) is 7.36. The van der Waals surface area contributed by atoms with Gasteiger partial charge < -0.3 is 0 Å². The molecule has 2 atom stereocenters. The number of rotatable bonds is 11. The van der Waals surface area contributed by atoms with Gasteiger partial charge in [-0.15, -0.1) is 0 Å². The van der Waals surface area contributed by atoms with Gasteiger partial charge in [-0.2, -0.15) is 0 Å². The first-order chi connectivity index (χ1) is 12.8. The van der Waals surface area contributed by atoms with Crippen LogP contribution in [0.2, 0.25) is 0 Å². The molecule has 2 heterocycles. The predicted molar refractivity (Wildman–Crippen MR) is 113 cm³/mol. The van der Waals surface area contributed by atoms with Crippen LogP contribution >= 0.6 is 0 Å². The Balaban J connectivity index is 1.40. The number of likely N-dealkylation sites (N-methyl/N-ethyl adjacent to an activating group) is 1. The maximum Gasteiger partial charge on any atom is 0.128 e. The van der Waals surface area contributed by atoms with Gasteiger partial charge >= 0.3 is 0 Å². The minimum Gasteiger partial charge on any atom is -0.292 e. The number of likely N-dealkylation sites (tertiary alicyclic amines) is 1. The van der Waals surface area contributed by atoms with Crippen molar-refractivity contribution in [2.45, 2.75) is 115 Å². The highest BCUT2D eigenvalue weighted by Gasteiger charge is 2.57. The maximum absolute atomic E-state index is 3.92. The van der Waals surface area contributed by atoms with Crippen molar-refractivity contribution in [3.8, 4) is 0 Å². The molecule has 1 N–H and O–H groups in total. The van der Waals surface area contributed by atoms with Crippen LogP contribution in [0, 0.1) is 6.42 Å². The SMILES string of the molecule is CCCCCCCCCCCCC1=C2[CH+]CCC[C@]23[C@@H](CCN3C)NC1. The Morgan fingerprint density at radius 1 is 1.04 bits per heavy atom. The van der Waals surface area contributed by atoms with Crippen molar-refractivity contribution in [1.82, 2.24) is 10.2 Å². The summed E-state index contributed by atoms with van der Waals surface area (Å²) in [6.07, 6.45) is 23.7. The third kappa shape index (κ3) is 4.50. The van der Waals surface area contributed by atoms with Gasteiger partial charge in [0, 0.05) is 31.8 Å². The lowest BCUT2D eigenvalue weighted by Gasteiger charge is -2.45. The highest BCUT2D eigenvalue weighted by molar-refractivity contribution is 5.42. The van der Waals surface area contributed by atoms with E-state index in [0.29, 0.717) is 11.6 Å². The van der Waals surface area contributed by atoms with Gasteiger partial charge in [0.15, 0.2) is 0 Å². The van der Waals surface area contributed by atoms with Crippen molar-refractivity contribution in [3.05, 3.63) is 17.6 Å². The Labute approximate surface area is 163 Å². The van der Waals surface area contributed by atoms with E-state index in [9.17, 15) is 0 Å². The molecule has 3 rings (SSSR count).